The Morgan fingerprint density at radius 2 is 1.98 bits per heavy atom. The number of nitrogens with zero attached hydrogens (tertiary/aromatic N) is 5. The number of aromatic nitrogens is 4. The van der Waals surface area contributed by atoms with E-state index in [0.717, 1.165) is 38.9 Å². The van der Waals surface area contributed by atoms with Gasteiger partial charge in [0.2, 0.25) is 11.8 Å². The van der Waals surface area contributed by atoms with Crippen LogP contribution in [0, 0.1) is 13.8 Å². The van der Waals surface area contributed by atoms with Gasteiger partial charge >= 0.3 is 0 Å². The van der Waals surface area contributed by atoms with Crippen molar-refractivity contribution in [1.29, 1.82) is 0 Å². The summed E-state index contributed by atoms with van der Waals surface area (Å²) in [6.07, 6.45) is 2.28. The molecule has 1 saturated heterocycles. The maximum atomic E-state index is 13.3. The van der Waals surface area contributed by atoms with Crippen molar-refractivity contribution in [2.75, 3.05) is 19.8 Å². The number of hydrogen-bond donors (Lipinski definition) is 3. The molecule has 11 nitrogen and oxygen atoms in total. The number of benzene rings is 2. The Morgan fingerprint density at radius 3 is 2.70 bits per heavy atom. The van der Waals surface area contributed by atoms with Crippen molar-refractivity contribution >= 4 is 27.7 Å². The zero-order chi connectivity index (χ0) is 31.0. The molecular formula is C32H40N6O5S. The Kier molecular flexibility index (Phi) is 8.62. The molecule has 2 unspecified atom stereocenters. The van der Waals surface area contributed by atoms with Gasteiger partial charge in [0.1, 0.15) is 16.5 Å². The summed E-state index contributed by atoms with van der Waals surface area (Å²) in [6.45, 7) is 10.5. The van der Waals surface area contributed by atoms with Gasteiger partial charge in [0, 0.05) is 31.6 Å². The lowest BCUT2D eigenvalue weighted by Gasteiger charge is -2.41. The normalized spacial score (nSPS) is 19.8. The van der Waals surface area contributed by atoms with E-state index in [2.05, 4.69) is 38.8 Å². The summed E-state index contributed by atoms with van der Waals surface area (Å²) in [4.78, 5) is 17.9. The summed E-state index contributed by atoms with van der Waals surface area (Å²) in [6, 6.07) is 13.7. The third kappa shape index (κ3) is 5.80. The second-order valence-corrected chi connectivity index (χ2v) is 13.6. The molecule has 0 bridgehead atoms. The lowest BCUT2D eigenvalue weighted by atomic mass is 9.84. The molecule has 6 rings (SSSR count). The summed E-state index contributed by atoms with van der Waals surface area (Å²) < 4.78 is 38.0. The first-order valence-corrected chi connectivity index (χ1v) is 16.6. The highest BCUT2D eigenvalue weighted by molar-refractivity contribution is 8.22. The lowest BCUT2D eigenvalue weighted by molar-refractivity contribution is -0.125. The number of hydrogen-bond acceptors (Lipinski definition) is 9. The number of carbonyl (C=O) groups is 1. The molecule has 1 amide bonds. The molecule has 2 aromatic heterocycles. The second-order valence-electron chi connectivity index (χ2n) is 11.6. The summed E-state index contributed by atoms with van der Waals surface area (Å²) in [5.41, 5.74) is 6.71. The van der Waals surface area contributed by atoms with E-state index >= 15 is 0 Å². The van der Waals surface area contributed by atoms with Crippen molar-refractivity contribution in [2.45, 2.75) is 76.6 Å². The first-order valence-electron chi connectivity index (χ1n) is 15.1. The van der Waals surface area contributed by atoms with Gasteiger partial charge in [-0.15, -0.1) is 15.9 Å². The first kappa shape index (κ1) is 30.5. The number of carbonyl (C=O) groups excluding carboxylic acids is 1. The highest BCUT2D eigenvalue weighted by Crippen LogP contribution is 2.57. The van der Waals surface area contributed by atoms with Gasteiger partial charge < -0.3 is 14.8 Å². The number of pyridine rings is 1. The SMILES string of the molecule is CCC1CN(Cc2cc(C(CC(=O)NC3COC3)c3ccc4c(nnn4CC)c3C)ccc2C)S(O)(O)c2cccnc2O1. The fourth-order valence-corrected chi connectivity index (χ4v) is 7.53. The number of amides is 1. The van der Waals surface area contributed by atoms with Crippen LogP contribution in [-0.2, 0) is 22.6 Å². The van der Waals surface area contributed by atoms with Crippen LogP contribution in [0.25, 0.3) is 11.0 Å². The number of nitrogens with one attached hydrogen (secondary N) is 1. The molecule has 4 heterocycles. The third-order valence-electron chi connectivity index (χ3n) is 8.70. The number of ether oxygens (including phenoxy) is 2. The zero-order valence-corrected chi connectivity index (χ0v) is 26.4. The van der Waals surface area contributed by atoms with Crippen molar-refractivity contribution in [2.24, 2.45) is 0 Å². The highest BCUT2D eigenvalue weighted by atomic mass is 32.3. The fourth-order valence-electron chi connectivity index (χ4n) is 5.97. The monoisotopic (exact) mass is 620 g/mol. The van der Waals surface area contributed by atoms with E-state index in [1.165, 1.54) is 0 Å². The molecule has 0 aliphatic carbocycles. The Labute approximate surface area is 259 Å². The molecule has 2 aliphatic heterocycles. The zero-order valence-electron chi connectivity index (χ0n) is 25.6. The average Bonchev–Trinajstić information content (AvgIpc) is 3.38. The predicted molar refractivity (Wildman–Crippen MR) is 169 cm³/mol. The quantitative estimate of drug-likeness (QED) is 0.231. The minimum atomic E-state index is -3.37. The summed E-state index contributed by atoms with van der Waals surface area (Å²) in [7, 11) is -3.37. The molecule has 2 aliphatic rings. The molecular weight excluding hydrogens is 580 g/mol. The Balaban J connectivity index is 1.38. The van der Waals surface area contributed by atoms with Crippen LogP contribution in [0.4, 0.5) is 0 Å². The van der Waals surface area contributed by atoms with E-state index < -0.39 is 10.8 Å². The van der Waals surface area contributed by atoms with Gasteiger partial charge in [0.05, 0.1) is 31.3 Å². The number of rotatable bonds is 9. The van der Waals surface area contributed by atoms with Gasteiger partial charge in [0.25, 0.3) is 0 Å². The van der Waals surface area contributed by atoms with Crippen molar-refractivity contribution in [1.82, 2.24) is 29.6 Å². The fraction of sp³-hybridized carbons (Fsp3) is 0.438. The van der Waals surface area contributed by atoms with E-state index in [-0.39, 0.29) is 42.8 Å². The van der Waals surface area contributed by atoms with E-state index in [0.29, 0.717) is 37.6 Å². The topological polar surface area (TPSA) is 135 Å². The summed E-state index contributed by atoms with van der Waals surface area (Å²) in [5, 5.41) is 11.9. The summed E-state index contributed by atoms with van der Waals surface area (Å²) >= 11 is 0. The van der Waals surface area contributed by atoms with Gasteiger partial charge in [-0.25, -0.2) is 9.67 Å². The minimum Gasteiger partial charge on any atom is -0.472 e. The van der Waals surface area contributed by atoms with Crippen LogP contribution in [0.5, 0.6) is 5.88 Å². The van der Waals surface area contributed by atoms with Gasteiger partial charge in [-0.05, 0) is 73.2 Å². The predicted octanol–water partition coefficient (Wildman–Crippen LogP) is 5.20. The second kappa shape index (κ2) is 12.4. The maximum absolute atomic E-state index is 13.3. The Morgan fingerprint density at radius 1 is 1.16 bits per heavy atom. The van der Waals surface area contributed by atoms with E-state index in [4.69, 9.17) is 9.47 Å². The van der Waals surface area contributed by atoms with Gasteiger partial charge in [-0.1, -0.05) is 36.4 Å². The molecule has 1 fully saturated rings. The Hall–Kier alpha value is -3.55. The molecule has 12 heteroatoms. The molecule has 4 aromatic rings. The minimum absolute atomic E-state index is 0.0316. The molecule has 0 spiro atoms. The van der Waals surface area contributed by atoms with Crippen LogP contribution < -0.4 is 10.1 Å². The number of aryl methyl sites for hydroxylation is 3. The molecule has 0 saturated carbocycles. The molecule has 2 atom stereocenters. The van der Waals surface area contributed by atoms with Crippen molar-refractivity contribution in [3.05, 3.63) is 76.5 Å². The van der Waals surface area contributed by atoms with Gasteiger partial charge in [-0.2, -0.15) is 4.31 Å². The van der Waals surface area contributed by atoms with E-state index in [1.54, 1.807) is 22.6 Å². The van der Waals surface area contributed by atoms with Crippen LogP contribution in [-0.4, -0.2) is 71.2 Å². The molecule has 3 N–H and O–H groups in total. The smallest absolute Gasteiger partial charge is 0.239 e. The lowest BCUT2D eigenvalue weighted by Crippen LogP contribution is -2.48. The standard InChI is InChI=1S/C32H40N6O5S/c1-5-25-17-37(44(40,41)29-8-7-13-33-32(29)43-25)16-23-14-22(10-9-20(23)3)27(15-30(39)34-24-18-42-19-24)26-11-12-28-31(21(26)4)35-36-38(28)6-2/h7-14,24-25,27,40-41H,5-6,15-19H2,1-4H3,(H,34,39). The Bertz CT molecular complexity index is 1670. The van der Waals surface area contributed by atoms with Crippen LogP contribution in [0.2, 0.25) is 0 Å². The van der Waals surface area contributed by atoms with E-state index in [9.17, 15) is 13.9 Å². The molecule has 0 radical (unpaired) electrons. The van der Waals surface area contributed by atoms with Crippen molar-refractivity contribution < 1.29 is 23.4 Å². The van der Waals surface area contributed by atoms with Crippen LogP contribution >= 0.6 is 10.8 Å². The molecule has 2 aromatic carbocycles. The first-order chi connectivity index (χ1) is 21.2. The van der Waals surface area contributed by atoms with Crippen molar-refractivity contribution in [3.63, 3.8) is 0 Å². The van der Waals surface area contributed by atoms with E-state index in [1.807, 2.05) is 44.5 Å². The third-order valence-corrected chi connectivity index (χ3v) is 10.6. The maximum Gasteiger partial charge on any atom is 0.239 e. The van der Waals surface area contributed by atoms with Gasteiger partial charge in [-0.3, -0.25) is 13.9 Å². The highest BCUT2D eigenvalue weighted by Gasteiger charge is 2.36. The molecule has 234 valence electrons. The van der Waals surface area contributed by atoms with Crippen LogP contribution in [0.1, 0.15) is 60.4 Å². The van der Waals surface area contributed by atoms with Crippen molar-refractivity contribution in [3.8, 4) is 5.88 Å². The summed E-state index contributed by atoms with van der Waals surface area (Å²) in [5.74, 6) is -0.0373. The van der Waals surface area contributed by atoms with Crippen LogP contribution in [0.15, 0.2) is 53.6 Å². The largest absolute Gasteiger partial charge is 0.472 e. The number of fused-ring (bicyclic) bond motifs is 2. The molecule has 44 heavy (non-hydrogen) atoms. The van der Waals surface area contributed by atoms with Gasteiger partial charge in [0.15, 0.2) is 0 Å². The average molecular weight is 621 g/mol. The van der Waals surface area contributed by atoms with Crippen LogP contribution in [0.3, 0.4) is 0 Å².